The Bertz CT molecular complexity index is 548. The molecule has 0 radical (unpaired) electrons. The Hall–Kier alpha value is -1.80. The van der Waals surface area contributed by atoms with Crippen molar-refractivity contribution in [3.8, 4) is 0 Å². The lowest BCUT2D eigenvalue weighted by Gasteiger charge is -2.16. The predicted molar refractivity (Wildman–Crippen MR) is 80.3 cm³/mol. The molecule has 0 spiro atoms. The van der Waals surface area contributed by atoms with Crippen LogP contribution in [-0.2, 0) is 13.0 Å². The van der Waals surface area contributed by atoms with Gasteiger partial charge in [-0.25, -0.2) is 0 Å². The van der Waals surface area contributed by atoms with Crippen molar-refractivity contribution in [2.24, 2.45) is 0 Å². The second kappa shape index (κ2) is 5.45. The van der Waals surface area contributed by atoms with E-state index in [4.69, 9.17) is 0 Å². The van der Waals surface area contributed by atoms with Gasteiger partial charge in [0.15, 0.2) is 0 Å². The summed E-state index contributed by atoms with van der Waals surface area (Å²) in [5, 5.41) is 7.10. The Morgan fingerprint density at radius 2 is 1.95 bits per heavy atom. The molecule has 0 unspecified atom stereocenters. The molecule has 98 valence electrons. The molecule has 0 aromatic heterocycles. The van der Waals surface area contributed by atoms with Crippen molar-refractivity contribution >= 4 is 5.69 Å². The smallest absolute Gasteiger partial charge is 0.0419 e. The van der Waals surface area contributed by atoms with Crippen molar-refractivity contribution in [1.29, 1.82) is 0 Å². The van der Waals surface area contributed by atoms with E-state index < -0.39 is 0 Å². The first-order chi connectivity index (χ1) is 9.34. The first kappa shape index (κ1) is 12.2. The Morgan fingerprint density at radius 3 is 2.79 bits per heavy atom. The topological polar surface area (TPSA) is 24.1 Å². The highest BCUT2D eigenvalue weighted by atomic mass is 14.9. The fourth-order valence-corrected chi connectivity index (χ4v) is 2.68. The molecule has 0 bridgehead atoms. The number of anilines is 1. The van der Waals surface area contributed by atoms with E-state index in [0.717, 1.165) is 19.5 Å². The van der Waals surface area contributed by atoms with Crippen molar-refractivity contribution in [1.82, 2.24) is 5.32 Å². The number of nitrogens with one attached hydrogen (secondary N) is 2. The molecule has 1 atom stereocenters. The summed E-state index contributed by atoms with van der Waals surface area (Å²) in [7, 11) is 0. The summed E-state index contributed by atoms with van der Waals surface area (Å²) in [4.78, 5) is 0. The Balaban J connectivity index is 1.69. The molecular weight excluding hydrogens is 232 g/mol. The van der Waals surface area contributed by atoms with Crippen LogP contribution in [0.4, 0.5) is 5.69 Å². The molecule has 19 heavy (non-hydrogen) atoms. The van der Waals surface area contributed by atoms with E-state index in [1.807, 2.05) is 0 Å². The first-order valence-corrected chi connectivity index (χ1v) is 6.97. The number of rotatable bonds is 4. The van der Waals surface area contributed by atoms with Gasteiger partial charge in [-0.05, 0) is 30.0 Å². The van der Waals surface area contributed by atoms with Gasteiger partial charge in [-0.1, -0.05) is 48.5 Å². The molecule has 2 heteroatoms. The third kappa shape index (κ3) is 2.64. The first-order valence-electron chi connectivity index (χ1n) is 6.97. The normalized spacial score (nSPS) is 14.8. The predicted octanol–water partition coefficient (Wildman–Crippen LogP) is 3.51. The summed E-state index contributed by atoms with van der Waals surface area (Å²) >= 11 is 0. The minimum Gasteiger partial charge on any atom is -0.384 e. The van der Waals surface area contributed by atoms with Gasteiger partial charge in [0.2, 0.25) is 0 Å². The van der Waals surface area contributed by atoms with Crippen molar-refractivity contribution < 1.29 is 0 Å². The molecule has 1 aliphatic heterocycles. The molecule has 0 aliphatic carbocycles. The molecule has 1 aliphatic rings. The molecule has 0 fully saturated rings. The van der Waals surface area contributed by atoms with Gasteiger partial charge in [0.25, 0.3) is 0 Å². The minimum atomic E-state index is 0.374. The Labute approximate surface area is 114 Å². The van der Waals surface area contributed by atoms with Gasteiger partial charge in [0.1, 0.15) is 0 Å². The highest BCUT2D eigenvalue weighted by Gasteiger charge is 2.13. The van der Waals surface area contributed by atoms with Crippen LogP contribution in [0.2, 0.25) is 0 Å². The third-order valence-corrected chi connectivity index (χ3v) is 3.83. The van der Waals surface area contributed by atoms with Crippen molar-refractivity contribution in [3.63, 3.8) is 0 Å². The van der Waals surface area contributed by atoms with Crippen LogP contribution in [0, 0.1) is 0 Å². The van der Waals surface area contributed by atoms with Crippen molar-refractivity contribution in [2.75, 3.05) is 11.9 Å². The van der Waals surface area contributed by atoms with Gasteiger partial charge in [0.05, 0.1) is 0 Å². The highest BCUT2D eigenvalue weighted by molar-refractivity contribution is 5.61. The van der Waals surface area contributed by atoms with Gasteiger partial charge in [-0.15, -0.1) is 0 Å². The molecule has 1 heterocycles. The molecule has 2 nitrogen and oxygen atoms in total. The zero-order valence-electron chi connectivity index (χ0n) is 11.3. The van der Waals surface area contributed by atoms with E-state index in [0.29, 0.717) is 6.04 Å². The minimum absolute atomic E-state index is 0.374. The maximum atomic E-state index is 3.60. The summed E-state index contributed by atoms with van der Waals surface area (Å²) in [5.74, 6) is 0. The van der Waals surface area contributed by atoms with Gasteiger partial charge < -0.3 is 10.6 Å². The average molecular weight is 252 g/mol. The number of benzene rings is 2. The third-order valence-electron chi connectivity index (χ3n) is 3.83. The summed E-state index contributed by atoms with van der Waals surface area (Å²) in [6.45, 7) is 4.19. The summed E-state index contributed by atoms with van der Waals surface area (Å²) in [6, 6.07) is 17.6. The number of hydrogen-bond donors (Lipinski definition) is 2. The largest absolute Gasteiger partial charge is 0.384 e. The van der Waals surface area contributed by atoms with Crippen LogP contribution in [-0.4, -0.2) is 6.54 Å². The van der Waals surface area contributed by atoms with Crippen LogP contribution in [0.3, 0.4) is 0 Å². The summed E-state index contributed by atoms with van der Waals surface area (Å²) < 4.78 is 0. The molecule has 0 amide bonds. The van der Waals surface area contributed by atoms with Crippen LogP contribution in [0.25, 0.3) is 0 Å². The maximum Gasteiger partial charge on any atom is 0.0419 e. The van der Waals surface area contributed by atoms with E-state index in [1.165, 1.54) is 22.4 Å². The number of hydrogen-bond acceptors (Lipinski definition) is 2. The maximum absolute atomic E-state index is 3.60. The van der Waals surface area contributed by atoms with E-state index in [-0.39, 0.29) is 0 Å². The molecule has 0 saturated carbocycles. The lowest BCUT2D eigenvalue weighted by atomic mass is 10.1. The fraction of sp³-hybridized carbons (Fsp3) is 0.294. The second-order valence-electron chi connectivity index (χ2n) is 5.14. The van der Waals surface area contributed by atoms with Crippen LogP contribution < -0.4 is 10.6 Å². The van der Waals surface area contributed by atoms with Crippen molar-refractivity contribution in [3.05, 3.63) is 65.2 Å². The van der Waals surface area contributed by atoms with Gasteiger partial charge in [-0.2, -0.15) is 0 Å². The van der Waals surface area contributed by atoms with Crippen LogP contribution in [0.15, 0.2) is 48.5 Å². The van der Waals surface area contributed by atoms with Crippen LogP contribution in [0.5, 0.6) is 0 Å². The molecule has 0 saturated heterocycles. The standard InChI is InChI=1S/C17H20N2/c1-13(14-6-3-2-4-7-14)19-12-16-9-5-8-15-10-11-18-17(15)16/h2-9,13,18-19H,10-12H2,1H3/t13-/m0/s1. The van der Waals surface area contributed by atoms with E-state index in [1.54, 1.807) is 0 Å². The zero-order valence-corrected chi connectivity index (χ0v) is 11.3. The second-order valence-corrected chi connectivity index (χ2v) is 5.14. The lowest BCUT2D eigenvalue weighted by Crippen LogP contribution is -2.18. The average Bonchev–Trinajstić information content (AvgIpc) is 2.94. The van der Waals surface area contributed by atoms with Crippen LogP contribution in [0.1, 0.15) is 29.7 Å². The number of para-hydroxylation sites is 1. The van der Waals surface area contributed by atoms with E-state index in [2.05, 4.69) is 66.1 Å². The molecule has 2 N–H and O–H groups in total. The Morgan fingerprint density at radius 1 is 1.11 bits per heavy atom. The summed E-state index contributed by atoms with van der Waals surface area (Å²) in [5.41, 5.74) is 5.50. The molecular formula is C17H20N2. The van der Waals surface area contributed by atoms with Gasteiger partial charge in [0, 0.05) is 24.8 Å². The van der Waals surface area contributed by atoms with E-state index >= 15 is 0 Å². The quantitative estimate of drug-likeness (QED) is 0.870. The number of fused-ring (bicyclic) bond motifs is 1. The SMILES string of the molecule is C[C@H](NCc1cccc2c1NCC2)c1ccccc1. The summed E-state index contributed by atoms with van der Waals surface area (Å²) in [6.07, 6.45) is 1.15. The van der Waals surface area contributed by atoms with Gasteiger partial charge in [-0.3, -0.25) is 0 Å². The van der Waals surface area contributed by atoms with E-state index in [9.17, 15) is 0 Å². The monoisotopic (exact) mass is 252 g/mol. The van der Waals surface area contributed by atoms with Crippen molar-refractivity contribution in [2.45, 2.75) is 25.9 Å². The molecule has 2 aromatic rings. The van der Waals surface area contributed by atoms with Gasteiger partial charge >= 0.3 is 0 Å². The zero-order chi connectivity index (χ0) is 13.1. The highest BCUT2D eigenvalue weighted by Crippen LogP contribution is 2.26. The van der Waals surface area contributed by atoms with Crippen LogP contribution >= 0.6 is 0 Å². The molecule has 2 aromatic carbocycles. The lowest BCUT2D eigenvalue weighted by molar-refractivity contribution is 0.575. The fourth-order valence-electron chi connectivity index (χ4n) is 2.68. The Kier molecular flexibility index (Phi) is 3.51. The molecule has 3 rings (SSSR count).